The third-order valence-corrected chi connectivity index (χ3v) is 7.08. The van der Waals surface area contributed by atoms with Crippen molar-refractivity contribution in [1.82, 2.24) is 10.2 Å². The lowest BCUT2D eigenvalue weighted by Gasteiger charge is -2.27. The minimum absolute atomic E-state index is 0. The van der Waals surface area contributed by atoms with Crippen molar-refractivity contribution in [1.29, 1.82) is 0 Å². The average molecular weight is 485 g/mol. The van der Waals surface area contributed by atoms with Crippen LogP contribution < -0.4 is 10.1 Å². The van der Waals surface area contributed by atoms with Crippen LogP contribution >= 0.6 is 12.4 Å². The number of carboxylic acid groups (broad SMARTS) is 1. The average Bonchev–Trinajstić information content (AvgIpc) is 2.80. The zero-order valence-corrected chi connectivity index (χ0v) is 19.5. The Hall–Kier alpha value is -2.17. The van der Waals surface area contributed by atoms with Crippen molar-refractivity contribution in [2.75, 3.05) is 40.0 Å². The SMILES string of the molecule is COc1ccc(S(=O)(=O)c2ccc(CNC(CCN3CCOCC3)C(=O)O)cc2)cc1.Cl. The van der Waals surface area contributed by atoms with Gasteiger partial charge in [-0.3, -0.25) is 9.69 Å². The van der Waals surface area contributed by atoms with Crippen LogP contribution in [0, 0.1) is 0 Å². The minimum atomic E-state index is -3.63. The highest BCUT2D eigenvalue weighted by Crippen LogP contribution is 2.23. The number of ether oxygens (including phenoxy) is 2. The molecule has 8 nitrogen and oxygen atoms in total. The van der Waals surface area contributed by atoms with Crippen LogP contribution in [0.4, 0.5) is 0 Å². The normalized spacial score (nSPS) is 15.5. The number of carbonyl (C=O) groups is 1. The van der Waals surface area contributed by atoms with Gasteiger partial charge in [-0.15, -0.1) is 12.4 Å². The molecule has 0 spiro atoms. The Morgan fingerprint density at radius 3 is 2.19 bits per heavy atom. The zero-order valence-electron chi connectivity index (χ0n) is 17.9. The number of rotatable bonds is 10. The van der Waals surface area contributed by atoms with E-state index in [1.165, 1.54) is 19.2 Å². The second-order valence-corrected chi connectivity index (χ2v) is 9.29. The Kier molecular flexibility index (Phi) is 9.92. The fourth-order valence-corrected chi connectivity index (χ4v) is 4.63. The second-order valence-electron chi connectivity index (χ2n) is 7.34. The van der Waals surface area contributed by atoms with Crippen LogP contribution in [0.2, 0.25) is 0 Å². The van der Waals surface area contributed by atoms with Gasteiger partial charge in [0.2, 0.25) is 9.84 Å². The first-order valence-corrected chi connectivity index (χ1v) is 11.6. The molecule has 0 aromatic heterocycles. The third kappa shape index (κ3) is 6.91. The van der Waals surface area contributed by atoms with Crippen LogP contribution in [-0.2, 0) is 25.9 Å². The Morgan fingerprint density at radius 2 is 1.66 bits per heavy atom. The van der Waals surface area contributed by atoms with Crippen molar-refractivity contribution in [2.24, 2.45) is 0 Å². The fraction of sp³-hybridized carbons (Fsp3) is 0.409. The number of sulfone groups is 1. The van der Waals surface area contributed by atoms with E-state index in [0.29, 0.717) is 38.5 Å². The number of carboxylic acids is 1. The summed E-state index contributed by atoms with van der Waals surface area (Å²) >= 11 is 0. The van der Waals surface area contributed by atoms with Gasteiger partial charge in [-0.05, 0) is 48.4 Å². The number of hydrogen-bond acceptors (Lipinski definition) is 7. The van der Waals surface area contributed by atoms with Crippen LogP contribution in [0.5, 0.6) is 5.75 Å². The first kappa shape index (κ1) is 26.1. The monoisotopic (exact) mass is 484 g/mol. The summed E-state index contributed by atoms with van der Waals surface area (Å²) in [5.41, 5.74) is 0.811. The van der Waals surface area contributed by atoms with Gasteiger partial charge in [-0.1, -0.05) is 12.1 Å². The lowest BCUT2D eigenvalue weighted by molar-refractivity contribution is -0.139. The number of aliphatic carboxylic acids is 1. The Morgan fingerprint density at radius 1 is 1.09 bits per heavy atom. The number of benzene rings is 2. The van der Waals surface area contributed by atoms with Crippen molar-refractivity contribution < 1.29 is 27.8 Å². The fourth-order valence-electron chi connectivity index (χ4n) is 3.37. The smallest absolute Gasteiger partial charge is 0.320 e. The van der Waals surface area contributed by atoms with Crippen LogP contribution in [0.15, 0.2) is 58.3 Å². The molecule has 10 heteroatoms. The van der Waals surface area contributed by atoms with Gasteiger partial charge in [0, 0.05) is 26.2 Å². The van der Waals surface area contributed by atoms with E-state index in [2.05, 4.69) is 10.2 Å². The molecule has 1 aliphatic rings. The molecular formula is C22H29ClN2O6S. The minimum Gasteiger partial charge on any atom is -0.497 e. The van der Waals surface area contributed by atoms with Gasteiger partial charge < -0.3 is 19.9 Å². The predicted molar refractivity (Wildman–Crippen MR) is 122 cm³/mol. The van der Waals surface area contributed by atoms with Gasteiger partial charge >= 0.3 is 5.97 Å². The molecule has 1 aliphatic heterocycles. The van der Waals surface area contributed by atoms with Crippen LogP contribution in [0.3, 0.4) is 0 Å². The first-order chi connectivity index (χ1) is 14.9. The molecule has 1 atom stereocenters. The highest BCUT2D eigenvalue weighted by molar-refractivity contribution is 7.91. The number of methoxy groups -OCH3 is 1. The maximum Gasteiger partial charge on any atom is 0.320 e. The molecule has 0 amide bonds. The molecule has 2 N–H and O–H groups in total. The number of nitrogens with zero attached hydrogens (tertiary/aromatic N) is 1. The largest absolute Gasteiger partial charge is 0.497 e. The van der Waals surface area contributed by atoms with E-state index in [-0.39, 0.29) is 22.2 Å². The molecule has 176 valence electrons. The van der Waals surface area contributed by atoms with Crippen molar-refractivity contribution in [3.05, 3.63) is 54.1 Å². The lowest BCUT2D eigenvalue weighted by Crippen LogP contribution is -2.42. The van der Waals surface area contributed by atoms with Crippen molar-refractivity contribution in [2.45, 2.75) is 28.8 Å². The van der Waals surface area contributed by atoms with Crippen LogP contribution in [0.1, 0.15) is 12.0 Å². The molecule has 2 aromatic rings. The van der Waals surface area contributed by atoms with E-state index >= 15 is 0 Å². The van der Waals surface area contributed by atoms with Gasteiger partial charge in [0.25, 0.3) is 0 Å². The summed E-state index contributed by atoms with van der Waals surface area (Å²) in [5.74, 6) is -0.311. The molecule has 2 aromatic carbocycles. The summed E-state index contributed by atoms with van der Waals surface area (Å²) in [7, 11) is -2.11. The topological polar surface area (TPSA) is 105 Å². The highest BCUT2D eigenvalue weighted by Gasteiger charge is 2.20. The van der Waals surface area contributed by atoms with Crippen molar-refractivity contribution >= 4 is 28.2 Å². The van der Waals surface area contributed by atoms with Gasteiger partial charge in [0.1, 0.15) is 11.8 Å². The Labute approximate surface area is 194 Å². The summed E-state index contributed by atoms with van der Waals surface area (Å²) < 4.78 is 36.0. The molecular weight excluding hydrogens is 456 g/mol. The highest BCUT2D eigenvalue weighted by atomic mass is 35.5. The quantitative estimate of drug-likeness (QED) is 0.529. The summed E-state index contributed by atoms with van der Waals surface area (Å²) in [6.07, 6.45) is 0.485. The van der Waals surface area contributed by atoms with Crippen molar-refractivity contribution in [3.63, 3.8) is 0 Å². The Bertz CT molecular complexity index is 961. The van der Waals surface area contributed by atoms with Crippen molar-refractivity contribution in [3.8, 4) is 5.75 Å². The molecule has 1 saturated heterocycles. The predicted octanol–water partition coefficient (Wildman–Crippen LogP) is 2.21. The molecule has 1 fully saturated rings. The zero-order chi connectivity index (χ0) is 22.3. The van der Waals surface area contributed by atoms with Crippen LogP contribution in [0.25, 0.3) is 0 Å². The standard InChI is InChI=1S/C22H28N2O6S.ClH/c1-29-18-4-8-20(9-5-18)31(27,28)19-6-2-17(3-7-19)16-23-21(22(25)26)10-11-24-12-14-30-15-13-24;/h2-9,21,23H,10-16H2,1H3,(H,25,26);1H. The molecule has 0 saturated carbocycles. The van der Waals surface area contributed by atoms with Crippen LogP contribution in [-0.4, -0.2) is 70.4 Å². The second kappa shape index (κ2) is 12.2. The van der Waals surface area contributed by atoms with E-state index in [4.69, 9.17) is 9.47 Å². The summed E-state index contributed by atoms with van der Waals surface area (Å²) in [5, 5.41) is 12.6. The van der Waals surface area contributed by atoms with Gasteiger partial charge in [0.05, 0.1) is 30.1 Å². The lowest BCUT2D eigenvalue weighted by atomic mass is 10.1. The Balaban J connectivity index is 0.00000363. The molecule has 0 aliphatic carbocycles. The van der Waals surface area contributed by atoms with E-state index in [0.717, 1.165) is 18.7 Å². The number of hydrogen-bond donors (Lipinski definition) is 2. The molecule has 3 rings (SSSR count). The molecule has 1 unspecified atom stereocenters. The summed E-state index contributed by atoms with van der Waals surface area (Å²) in [6.45, 7) is 4.01. The number of halogens is 1. The summed E-state index contributed by atoms with van der Waals surface area (Å²) in [6, 6.07) is 12.0. The summed E-state index contributed by atoms with van der Waals surface area (Å²) in [4.78, 5) is 14.2. The number of nitrogens with one attached hydrogen (secondary N) is 1. The van der Waals surface area contributed by atoms with E-state index in [1.807, 2.05) is 0 Å². The van der Waals surface area contributed by atoms with E-state index in [9.17, 15) is 18.3 Å². The maximum absolute atomic E-state index is 12.8. The van der Waals surface area contributed by atoms with Gasteiger partial charge in [0.15, 0.2) is 0 Å². The first-order valence-electron chi connectivity index (χ1n) is 10.1. The maximum atomic E-state index is 12.8. The van der Waals surface area contributed by atoms with E-state index < -0.39 is 21.8 Å². The van der Waals surface area contributed by atoms with Gasteiger partial charge in [-0.25, -0.2) is 8.42 Å². The molecule has 1 heterocycles. The molecule has 0 radical (unpaired) electrons. The number of morpholine rings is 1. The molecule has 32 heavy (non-hydrogen) atoms. The molecule has 0 bridgehead atoms. The van der Waals surface area contributed by atoms with Gasteiger partial charge in [-0.2, -0.15) is 0 Å². The third-order valence-electron chi connectivity index (χ3n) is 5.29. The van der Waals surface area contributed by atoms with E-state index in [1.54, 1.807) is 36.4 Å².